The molecule has 4 rings (SSSR count). The van der Waals surface area contributed by atoms with Gasteiger partial charge in [-0.15, -0.1) is 12.4 Å². The third-order valence-corrected chi connectivity index (χ3v) is 6.97. The minimum Gasteiger partial charge on any atom is -0.493 e. The SMILES string of the molecule is CCN(CC1CCN(C(=O)N2CCOCC2)CC1)C(C)Cc1ccc2c(c1)CCO2.Cl. The number of hydrogen-bond acceptors (Lipinski definition) is 4. The summed E-state index contributed by atoms with van der Waals surface area (Å²) in [6, 6.07) is 7.43. The van der Waals surface area contributed by atoms with E-state index < -0.39 is 0 Å². The Hall–Kier alpha value is -1.50. The molecule has 2 saturated heterocycles. The van der Waals surface area contributed by atoms with Gasteiger partial charge in [0.15, 0.2) is 0 Å². The largest absolute Gasteiger partial charge is 0.493 e. The molecular formula is C24H38ClN3O3. The maximum absolute atomic E-state index is 12.7. The fraction of sp³-hybridized carbons (Fsp3) is 0.708. The molecule has 2 amide bonds. The second kappa shape index (κ2) is 11.4. The van der Waals surface area contributed by atoms with Crippen LogP contribution in [0.15, 0.2) is 18.2 Å². The number of piperidine rings is 1. The summed E-state index contributed by atoms with van der Waals surface area (Å²) in [6.45, 7) is 12.2. The number of likely N-dealkylation sites (tertiary alicyclic amines) is 1. The van der Waals surface area contributed by atoms with Gasteiger partial charge in [0.1, 0.15) is 5.75 Å². The fourth-order valence-electron chi connectivity index (χ4n) is 5.05. The Morgan fingerprint density at radius 1 is 1.13 bits per heavy atom. The average Bonchev–Trinajstić information content (AvgIpc) is 3.26. The quantitative estimate of drug-likeness (QED) is 0.664. The van der Waals surface area contributed by atoms with Crippen LogP contribution in [0, 0.1) is 5.92 Å². The smallest absolute Gasteiger partial charge is 0.320 e. The zero-order valence-corrected chi connectivity index (χ0v) is 19.9. The van der Waals surface area contributed by atoms with Crippen LogP contribution in [0.3, 0.4) is 0 Å². The van der Waals surface area contributed by atoms with Crippen LogP contribution in [0.2, 0.25) is 0 Å². The summed E-state index contributed by atoms with van der Waals surface area (Å²) in [5.41, 5.74) is 2.77. The van der Waals surface area contributed by atoms with Crippen LogP contribution >= 0.6 is 12.4 Å². The number of amides is 2. The molecule has 1 aromatic carbocycles. The Labute approximate surface area is 193 Å². The van der Waals surface area contributed by atoms with E-state index in [1.807, 2.05) is 9.80 Å². The van der Waals surface area contributed by atoms with Gasteiger partial charge in [0, 0.05) is 45.2 Å². The van der Waals surface area contributed by atoms with Crippen molar-refractivity contribution in [3.63, 3.8) is 0 Å². The second-order valence-corrected chi connectivity index (χ2v) is 8.99. The Balaban J connectivity index is 0.00000272. The molecule has 6 nitrogen and oxygen atoms in total. The monoisotopic (exact) mass is 451 g/mol. The van der Waals surface area contributed by atoms with E-state index in [1.165, 1.54) is 11.1 Å². The van der Waals surface area contributed by atoms with Crippen LogP contribution in [-0.4, -0.2) is 85.9 Å². The van der Waals surface area contributed by atoms with Crippen molar-refractivity contribution in [3.05, 3.63) is 29.3 Å². The van der Waals surface area contributed by atoms with Gasteiger partial charge in [0.25, 0.3) is 0 Å². The van der Waals surface area contributed by atoms with E-state index >= 15 is 0 Å². The Kier molecular flexibility index (Phi) is 8.87. The summed E-state index contributed by atoms with van der Waals surface area (Å²) in [5, 5.41) is 0. The zero-order chi connectivity index (χ0) is 20.9. The van der Waals surface area contributed by atoms with Gasteiger partial charge in [-0.2, -0.15) is 0 Å². The molecule has 2 fully saturated rings. The third kappa shape index (κ3) is 6.05. The number of urea groups is 1. The van der Waals surface area contributed by atoms with E-state index in [0.717, 1.165) is 77.3 Å². The van der Waals surface area contributed by atoms with Crippen molar-refractivity contribution in [1.82, 2.24) is 14.7 Å². The number of halogens is 1. The summed E-state index contributed by atoms with van der Waals surface area (Å²) in [5.74, 6) is 1.74. The normalized spacial score (nSPS) is 20.2. The molecule has 3 heterocycles. The van der Waals surface area contributed by atoms with Crippen molar-refractivity contribution in [2.75, 3.05) is 59.1 Å². The topological polar surface area (TPSA) is 45.2 Å². The van der Waals surface area contributed by atoms with Crippen molar-refractivity contribution in [1.29, 1.82) is 0 Å². The number of ether oxygens (including phenoxy) is 2. The van der Waals surface area contributed by atoms with Crippen LogP contribution in [0.5, 0.6) is 5.75 Å². The molecule has 3 aliphatic rings. The molecule has 31 heavy (non-hydrogen) atoms. The number of rotatable bonds is 6. The van der Waals surface area contributed by atoms with Crippen LogP contribution in [-0.2, 0) is 17.6 Å². The highest BCUT2D eigenvalue weighted by molar-refractivity contribution is 5.85. The first-order valence-corrected chi connectivity index (χ1v) is 11.7. The number of hydrogen-bond donors (Lipinski definition) is 0. The molecule has 174 valence electrons. The van der Waals surface area contributed by atoms with Gasteiger partial charge in [-0.05, 0) is 55.8 Å². The third-order valence-electron chi connectivity index (χ3n) is 6.97. The van der Waals surface area contributed by atoms with Crippen molar-refractivity contribution < 1.29 is 14.3 Å². The van der Waals surface area contributed by atoms with Gasteiger partial charge >= 0.3 is 6.03 Å². The second-order valence-electron chi connectivity index (χ2n) is 8.99. The van der Waals surface area contributed by atoms with Gasteiger partial charge in [0.05, 0.1) is 19.8 Å². The minimum atomic E-state index is 0. The van der Waals surface area contributed by atoms with Crippen molar-refractivity contribution in [2.45, 2.75) is 45.6 Å². The molecule has 0 bridgehead atoms. The van der Waals surface area contributed by atoms with E-state index in [9.17, 15) is 4.79 Å². The van der Waals surface area contributed by atoms with Crippen LogP contribution < -0.4 is 4.74 Å². The highest BCUT2D eigenvalue weighted by Gasteiger charge is 2.28. The maximum atomic E-state index is 12.7. The van der Waals surface area contributed by atoms with E-state index in [1.54, 1.807) is 0 Å². The van der Waals surface area contributed by atoms with Crippen molar-refractivity contribution in [2.24, 2.45) is 5.92 Å². The standard InChI is InChI=1S/C24H37N3O3.ClH/c1-3-25(19(2)16-21-4-5-23-22(17-21)8-13-30-23)18-20-6-9-26(10-7-20)24(28)27-11-14-29-15-12-27;/h4-5,17,19-20H,3,6-16,18H2,1-2H3;1H. The number of morpholine rings is 1. The Bertz CT molecular complexity index is 718. The van der Waals surface area contributed by atoms with E-state index in [0.29, 0.717) is 25.2 Å². The lowest BCUT2D eigenvalue weighted by Gasteiger charge is -2.39. The first kappa shape index (κ1) is 24.1. The lowest BCUT2D eigenvalue weighted by atomic mass is 9.95. The summed E-state index contributed by atoms with van der Waals surface area (Å²) >= 11 is 0. The summed E-state index contributed by atoms with van der Waals surface area (Å²) < 4.78 is 11.0. The fourth-order valence-corrected chi connectivity index (χ4v) is 5.05. The van der Waals surface area contributed by atoms with Gasteiger partial charge in [0.2, 0.25) is 0 Å². The Morgan fingerprint density at radius 2 is 1.84 bits per heavy atom. The van der Waals surface area contributed by atoms with Gasteiger partial charge < -0.3 is 24.2 Å². The van der Waals surface area contributed by atoms with Gasteiger partial charge in [-0.1, -0.05) is 19.1 Å². The van der Waals surface area contributed by atoms with Crippen molar-refractivity contribution >= 4 is 18.4 Å². The molecule has 7 heteroatoms. The molecule has 0 aliphatic carbocycles. The molecule has 0 radical (unpaired) electrons. The first-order valence-electron chi connectivity index (χ1n) is 11.7. The molecule has 3 aliphatic heterocycles. The summed E-state index contributed by atoms with van der Waals surface area (Å²) in [7, 11) is 0. The van der Waals surface area contributed by atoms with E-state index in [4.69, 9.17) is 9.47 Å². The summed E-state index contributed by atoms with van der Waals surface area (Å²) in [6.07, 6.45) is 4.33. The number of carbonyl (C=O) groups excluding carboxylic acids is 1. The lowest BCUT2D eigenvalue weighted by Crippen LogP contribution is -2.51. The molecule has 0 N–H and O–H groups in total. The molecule has 0 spiro atoms. The number of carbonyl (C=O) groups is 1. The van der Waals surface area contributed by atoms with Crippen LogP contribution in [0.25, 0.3) is 0 Å². The van der Waals surface area contributed by atoms with Crippen LogP contribution in [0.4, 0.5) is 4.79 Å². The lowest BCUT2D eigenvalue weighted by molar-refractivity contribution is 0.0387. The molecule has 1 atom stereocenters. The van der Waals surface area contributed by atoms with E-state index in [-0.39, 0.29) is 18.4 Å². The zero-order valence-electron chi connectivity index (χ0n) is 19.1. The first-order chi connectivity index (χ1) is 14.6. The van der Waals surface area contributed by atoms with Gasteiger partial charge in [-0.25, -0.2) is 4.79 Å². The average molecular weight is 452 g/mol. The Morgan fingerprint density at radius 3 is 2.55 bits per heavy atom. The highest BCUT2D eigenvalue weighted by Crippen LogP contribution is 2.27. The highest BCUT2D eigenvalue weighted by atomic mass is 35.5. The van der Waals surface area contributed by atoms with Crippen molar-refractivity contribution in [3.8, 4) is 5.75 Å². The maximum Gasteiger partial charge on any atom is 0.320 e. The predicted molar refractivity (Wildman–Crippen MR) is 125 cm³/mol. The minimum absolute atomic E-state index is 0. The molecule has 1 aromatic rings. The molecule has 1 unspecified atom stereocenters. The van der Waals surface area contributed by atoms with Gasteiger partial charge in [-0.3, -0.25) is 0 Å². The number of fused-ring (bicyclic) bond motifs is 1. The molecule has 0 aromatic heterocycles. The number of benzene rings is 1. The number of likely N-dealkylation sites (N-methyl/N-ethyl adjacent to an activating group) is 1. The number of nitrogens with zero attached hydrogens (tertiary/aromatic N) is 3. The predicted octanol–water partition coefficient (Wildman–Crippen LogP) is 3.46. The van der Waals surface area contributed by atoms with Crippen LogP contribution in [0.1, 0.15) is 37.8 Å². The molecular weight excluding hydrogens is 414 g/mol. The summed E-state index contributed by atoms with van der Waals surface area (Å²) in [4.78, 5) is 19.3. The molecule has 0 saturated carbocycles. The van der Waals surface area contributed by atoms with E-state index in [2.05, 4.69) is 36.9 Å².